The second-order valence-corrected chi connectivity index (χ2v) is 7.01. The van der Waals surface area contributed by atoms with Gasteiger partial charge in [0.15, 0.2) is 0 Å². The van der Waals surface area contributed by atoms with Crippen molar-refractivity contribution in [2.75, 3.05) is 18.0 Å². The van der Waals surface area contributed by atoms with Crippen molar-refractivity contribution in [1.29, 1.82) is 0 Å². The number of hydrogen-bond acceptors (Lipinski definition) is 4. The van der Waals surface area contributed by atoms with Crippen LogP contribution in [-0.4, -0.2) is 30.0 Å². The van der Waals surface area contributed by atoms with Crippen molar-refractivity contribution >= 4 is 11.6 Å². The first-order valence-electron chi connectivity index (χ1n) is 9.44. The van der Waals surface area contributed by atoms with Crippen molar-refractivity contribution in [2.45, 2.75) is 38.3 Å². The van der Waals surface area contributed by atoms with Gasteiger partial charge in [-0.05, 0) is 49.1 Å². The lowest BCUT2D eigenvalue weighted by molar-refractivity contribution is -0.121. The van der Waals surface area contributed by atoms with Crippen molar-refractivity contribution < 1.29 is 4.79 Å². The minimum Gasteiger partial charge on any atom is -0.358 e. The first-order valence-corrected chi connectivity index (χ1v) is 9.44. The predicted octanol–water partition coefficient (Wildman–Crippen LogP) is 2.72. The van der Waals surface area contributed by atoms with Crippen LogP contribution in [-0.2, 0) is 11.3 Å². The maximum absolute atomic E-state index is 12.7. The zero-order valence-electron chi connectivity index (χ0n) is 15.2. The van der Waals surface area contributed by atoms with Crippen LogP contribution in [0.4, 0.5) is 5.69 Å². The van der Waals surface area contributed by atoms with E-state index in [1.54, 1.807) is 6.20 Å². The van der Waals surface area contributed by atoms with Crippen molar-refractivity contribution in [1.82, 2.24) is 10.3 Å². The van der Waals surface area contributed by atoms with Crippen molar-refractivity contribution in [3.8, 4) is 0 Å². The van der Waals surface area contributed by atoms with E-state index in [1.807, 2.05) is 48.7 Å². The summed E-state index contributed by atoms with van der Waals surface area (Å²) in [5.74, 6) is 0.458. The number of nitrogens with zero attached hydrogens (tertiary/aromatic N) is 2. The first-order chi connectivity index (χ1) is 12.8. The second kappa shape index (κ2) is 9.34. The summed E-state index contributed by atoms with van der Waals surface area (Å²) >= 11 is 0. The van der Waals surface area contributed by atoms with Gasteiger partial charge in [0.1, 0.15) is 0 Å². The molecular formula is C21H28N4O. The zero-order valence-corrected chi connectivity index (χ0v) is 15.2. The number of aromatic nitrogens is 1. The summed E-state index contributed by atoms with van der Waals surface area (Å²) in [5, 5.41) is 3.23. The summed E-state index contributed by atoms with van der Waals surface area (Å²) in [5.41, 5.74) is 8.01. The molecule has 5 heteroatoms. The Morgan fingerprint density at radius 2 is 1.96 bits per heavy atom. The quantitative estimate of drug-likeness (QED) is 0.804. The number of carbonyl (C=O) groups excluding carboxylic acids is 1. The van der Waals surface area contributed by atoms with Crippen LogP contribution in [0.1, 0.15) is 31.2 Å². The van der Waals surface area contributed by atoms with E-state index in [0.717, 1.165) is 24.1 Å². The van der Waals surface area contributed by atoms with Gasteiger partial charge in [-0.25, -0.2) is 0 Å². The standard InChI is InChI=1S/C21H28N4O/c22-13-18-8-4-5-11-20(18)24-21(26)16-25(19-9-2-1-3-10-19)15-17-7-6-12-23-14-17/h1-3,6-7,9-10,12,14,18,20H,4-5,8,11,13,15-16,22H2,(H,24,26). The fourth-order valence-electron chi connectivity index (χ4n) is 3.69. The number of anilines is 1. The molecule has 0 saturated heterocycles. The number of para-hydroxylation sites is 1. The van der Waals surface area contributed by atoms with Gasteiger partial charge in [-0.1, -0.05) is 37.1 Å². The summed E-state index contributed by atoms with van der Waals surface area (Å²) in [4.78, 5) is 19.0. The van der Waals surface area contributed by atoms with Crippen LogP contribution in [0.5, 0.6) is 0 Å². The highest BCUT2D eigenvalue weighted by molar-refractivity contribution is 5.81. The molecule has 0 spiro atoms. The molecule has 3 N–H and O–H groups in total. The SMILES string of the molecule is NCC1CCCCC1NC(=O)CN(Cc1cccnc1)c1ccccc1. The summed E-state index contributed by atoms with van der Waals surface area (Å²) in [6, 6.07) is 14.2. The Bertz CT molecular complexity index is 677. The van der Waals surface area contributed by atoms with Gasteiger partial charge in [-0.3, -0.25) is 9.78 Å². The third kappa shape index (κ3) is 5.05. The zero-order chi connectivity index (χ0) is 18.2. The average molecular weight is 352 g/mol. The van der Waals surface area contributed by atoms with Gasteiger partial charge < -0.3 is 16.0 Å². The average Bonchev–Trinajstić information content (AvgIpc) is 2.69. The number of carbonyl (C=O) groups is 1. The second-order valence-electron chi connectivity index (χ2n) is 7.01. The highest BCUT2D eigenvalue weighted by Crippen LogP contribution is 2.23. The van der Waals surface area contributed by atoms with Gasteiger partial charge in [0.05, 0.1) is 6.54 Å². The molecule has 0 bridgehead atoms. The van der Waals surface area contributed by atoms with Crippen LogP contribution in [0.3, 0.4) is 0 Å². The molecule has 2 atom stereocenters. The van der Waals surface area contributed by atoms with Crippen LogP contribution in [0.15, 0.2) is 54.9 Å². The van der Waals surface area contributed by atoms with Crippen molar-refractivity contribution in [3.63, 3.8) is 0 Å². The fraction of sp³-hybridized carbons (Fsp3) is 0.429. The molecule has 1 amide bonds. The number of pyridine rings is 1. The lowest BCUT2D eigenvalue weighted by Gasteiger charge is -2.32. The molecule has 0 radical (unpaired) electrons. The van der Waals surface area contributed by atoms with Gasteiger partial charge in [-0.15, -0.1) is 0 Å². The number of benzene rings is 1. The lowest BCUT2D eigenvalue weighted by Crippen LogP contribution is -2.48. The number of nitrogens with two attached hydrogens (primary N) is 1. The van der Waals surface area contributed by atoms with E-state index >= 15 is 0 Å². The van der Waals surface area contributed by atoms with Gasteiger partial charge in [-0.2, -0.15) is 0 Å². The van der Waals surface area contributed by atoms with Crippen LogP contribution in [0, 0.1) is 5.92 Å². The predicted molar refractivity (Wildman–Crippen MR) is 105 cm³/mol. The van der Waals surface area contributed by atoms with Crippen molar-refractivity contribution in [3.05, 3.63) is 60.4 Å². The van der Waals surface area contributed by atoms with E-state index in [2.05, 4.69) is 15.2 Å². The summed E-state index contributed by atoms with van der Waals surface area (Å²) < 4.78 is 0. The molecular weight excluding hydrogens is 324 g/mol. The van der Waals surface area contributed by atoms with Gasteiger partial charge >= 0.3 is 0 Å². The molecule has 2 unspecified atom stereocenters. The molecule has 1 aliphatic carbocycles. The third-order valence-corrected chi connectivity index (χ3v) is 5.11. The maximum Gasteiger partial charge on any atom is 0.239 e. The smallest absolute Gasteiger partial charge is 0.239 e. The minimum absolute atomic E-state index is 0.0584. The monoisotopic (exact) mass is 352 g/mol. The van der Waals surface area contributed by atoms with E-state index in [1.165, 1.54) is 12.8 Å². The Morgan fingerprint density at radius 1 is 1.15 bits per heavy atom. The fourth-order valence-corrected chi connectivity index (χ4v) is 3.69. The van der Waals surface area contributed by atoms with Crippen LogP contribution < -0.4 is 16.0 Å². The molecule has 1 aromatic carbocycles. The highest BCUT2D eigenvalue weighted by atomic mass is 16.2. The molecule has 1 heterocycles. The molecule has 2 aromatic rings. The highest BCUT2D eigenvalue weighted by Gasteiger charge is 2.25. The Balaban J connectivity index is 1.67. The first kappa shape index (κ1) is 18.4. The molecule has 3 rings (SSSR count). The Morgan fingerprint density at radius 3 is 2.69 bits per heavy atom. The largest absolute Gasteiger partial charge is 0.358 e. The maximum atomic E-state index is 12.7. The van der Waals surface area contributed by atoms with E-state index in [9.17, 15) is 4.79 Å². The number of nitrogens with one attached hydrogen (secondary N) is 1. The topological polar surface area (TPSA) is 71.2 Å². The normalized spacial score (nSPS) is 19.7. The summed E-state index contributed by atoms with van der Waals surface area (Å²) in [7, 11) is 0. The Kier molecular flexibility index (Phi) is 6.61. The van der Waals surface area contributed by atoms with Gasteiger partial charge in [0, 0.05) is 30.7 Å². The number of rotatable bonds is 7. The molecule has 1 aliphatic rings. The van der Waals surface area contributed by atoms with Crippen LogP contribution >= 0.6 is 0 Å². The van der Waals surface area contributed by atoms with E-state index in [-0.39, 0.29) is 11.9 Å². The molecule has 1 saturated carbocycles. The van der Waals surface area contributed by atoms with E-state index in [4.69, 9.17) is 5.73 Å². The summed E-state index contributed by atoms with van der Waals surface area (Å²) in [6.07, 6.45) is 8.13. The number of amides is 1. The van der Waals surface area contributed by atoms with E-state index < -0.39 is 0 Å². The summed E-state index contributed by atoms with van der Waals surface area (Å²) in [6.45, 7) is 1.62. The Labute approximate surface area is 155 Å². The molecule has 138 valence electrons. The number of hydrogen-bond donors (Lipinski definition) is 2. The molecule has 26 heavy (non-hydrogen) atoms. The lowest BCUT2D eigenvalue weighted by atomic mass is 9.84. The van der Waals surface area contributed by atoms with E-state index in [0.29, 0.717) is 25.6 Å². The molecule has 5 nitrogen and oxygen atoms in total. The Hall–Kier alpha value is -2.40. The molecule has 1 fully saturated rings. The minimum atomic E-state index is 0.0584. The van der Waals surface area contributed by atoms with Crippen molar-refractivity contribution in [2.24, 2.45) is 11.7 Å². The van der Waals surface area contributed by atoms with Gasteiger partial charge in [0.2, 0.25) is 5.91 Å². The molecule has 0 aliphatic heterocycles. The van der Waals surface area contributed by atoms with Crippen LogP contribution in [0.25, 0.3) is 0 Å². The van der Waals surface area contributed by atoms with Crippen LogP contribution in [0.2, 0.25) is 0 Å². The molecule has 1 aromatic heterocycles. The third-order valence-electron chi connectivity index (χ3n) is 5.11. The van der Waals surface area contributed by atoms with Gasteiger partial charge in [0.25, 0.3) is 0 Å².